The van der Waals surface area contributed by atoms with Gasteiger partial charge in [0.2, 0.25) is 5.91 Å². The Hall–Kier alpha value is -2.24. The summed E-state index contributed by atoms with van der Waals surface area (Å²) in [5.41, 5.74) is 2.38. The fraction of sp³-hybridized carbons (Fsp3) is 0.429. The highest BCUT2D eigenvalue weighted by Gasteiger charge is 2.38. The van der Waals surface area contributed by atoms with E-state index >= 15 is 0 Å². The molecule has 3 heterocycles. The van der Waals surface area contributed by atoms with Gasteiger partial charge in [0.1, 0.15) is 0 Å². The largest absolute Gasteiger partial charge is 0.371 e. The van der Waals surface area contributed by atoms with Gasteiger partial charge in [-0.25, -0.2) is 0 Å². The molecular weight excluding hydrogens is 326 g/mol. The normalized spacial score (nSPS) is 25.6. The summed E-state index contributed by atoms with van der Waals surface area (Å²) in [6.07, 6.45) is 5.93. The van der Waals surface area contributed by atoms with Crippen LogP contribution in [0.3, 0.4) is 0 Å². The van der Waals surface area contributed by atoms with Crippen LogP contribution in [0, 0.1) is 0 Å². The third kappa shape index (κ3) is 4.11. The third-order valence-electron chi connectivity index (χ3n) is 5.34. The number of hydrogen-bond donors (Lipinski definition) is 1. The van der Waals surface area contributed by atoms with Gasteiger partial charge in [-0.05, 0) is 36.1 Å². The van der Waals surface area contributed by atoms with Crippen molar-refractivity contribution < 1.29 is 9.53 Å². The number of pyridine rings is 1. The summed E-state index contributed by atoms with van der Waals surface area (Å²) in [6, 6.07) is 15.0. The molecule has 0 spiro atoms. The number of benzene rings is 1. The fourth-order valence-electron chi connectivity index (χ4n) is 3.96. The number of hydrogen-bond acceptors (Lipinski definition) is 4. The number of aromatic nitrogens is 1. The van der Waals surface area contributed by atoms with Crippen molar-refractivity contribution in [2.75, 3.05) is 19.7 Å². The predicted octanol–water partition coefficient (Wildman–Crippen LogP) is 2.34. The first-order valence-electron chi connectivity index (χ1n) is 9.37. The van der Waals surface area contributed by atoms with E-state index in [0.29, 0.717) is 12.5 Å². The lowest BCUT2D eigenvalue weighted by Gasteiger charge is -2.35. The molecule has 2 fully saturated rings. The summed E-state index contributed by atoms with van der Waals surface area (Å²) in [7, 11) is 0. The zero-order valence-corrected chi connectivity index (χ0v) is 14.9. The number of amides is 1. The molecule has 136 valence electrons. The number of morpholine rings is 1. The van der Waals surface area contributed by atoms with Crippen molar-refractivity contribution >= 4 is 5.91 Å². The highest BCUT2D eigenvalue weighted by Crippen LogP contribution is 2.30. The number of nitrogens with zero attached hydrogens (tertiary/aromatic N) is 2. The Morgan fingerprint density at radius 2 is 1.96 bits per heavy atom. The van der Waals surface area contributed by atoms with E-state index < -0.39 is 0 Å². The van der Waals surface area contributed by atoms with Crippen molar-refractivity contribution in [3.63, 3.8) is 0 Å². The van der Waals surface area contributed by atoms with Crippen molar-refractivity contribution in [2.24, 2.45) is 0 Å². The fourth-order valence-corrected chi connectivity index (χ4v) is 3.96. The molecule has 2 aromatic rings. The van der Waals surface area contributed by atoms with Gasteiger partial charge in [-0.3, -0.25) is 14.7 Å². The van der Waals surface area contributed by atoms with E-state index in [-0.39, 0.29) is 18.1 Å². The van der Waals surface area contributed by atoms with Crippen LogP contribution < -0.4 is 5.32 Å². The molecule has 5 heteroatoms. The predicted molar refractivity (Wildman–Crippen MR) is 99.6 cm³/mol. The van der Waals surface area contributed by atoms with E-state index in [4.69, 9.17) is 4.74 Å². The van der Waals surface area contributed by atoms with Crippen LogP contribution in [0.15, 0.2) is 54.9 Å². The Kier molecular flexibility index (Phi) is 5.27. The molecule has 2 aliphatic rings. The molecule has 0 aliphatic carbocycles. The highest BCUT2D eigenvalue weighted by atomic mass is 16.5. The maximum absolute atomic E-state index is 12.3. The van der Waals surface area contributed by atoms with Gasteiger partial charge >= 0.3 is 0 Å². The number of carbonyl (C=O) groups is 1. The average Bonchev–Trinajstić information content (AvgIpc) is 3.09. The lowest BCUT2D eigenvalue weighted by Crippen LogP contribution is -2.43. The second kappa shape index (κ2) is 7.98. The Bertz CT molecular complexity index is 723. The first-order chi connectivity index (χ1) is 12.8. The molecule has 0 radical (unpaired) electrons. The average molecular weight is 351 g/mol. The number of rotatable bonds is 5. The van der Waals surface area contributed by atoms with Crippen LogP contribution in [0.25, 0.3) is 0 Å². The molecule has 1 aromatic carbocycles. The molecule has 4 rings (SSSR count). The van der Waals surface area contributed by atoms with Crippen LogP contribution in [-0.4, -0.2) is 47.6 Å². The lowest BCUT2D eigenvalue weighted by molar-refractivity contribution is -0.121. The van der Waals surface area contributed by atoms with E-state index in [1.54, 1.807) is 12.4 Å². The SMILES string of the molecule is O=C(CCc1ccncc1)N[C@H]1C[C@H]2CO[C@@H](c3ccccc3)CN2C1. The molecule has 0 saturated carbocycles. The van der Waals surface area contributed by atoms with Crippen LogP contribution in [0.2, 0.25) is 0 Å². The van der Waals surface area contributed by atoms with Crippen LogP contribution in [0.1, 0.15) is 30.1 Å². The van der Waals surface area contributed by atoms with Gasteiger partial charge in [-0.1, -0.05) is 30.3 Å². The maximum Gasteiger partial charge on any atom is 0.220 e. The molecule has 0 unspecified atom stereocenters. The van der Waals surface area contributed by atoms with Crippen molar-refractivity contribution in [2.45, 2.75) is 37.5 Å². The number of nitrogens with one attached hydrogen (secondary N) is 1. The zero-order chi connectivity index (χ0) is 17.8. The van der Waals surface area contributed by atoms with Crippen LogP contribution in [0.4, 0.5) is 0 Å². The Labute approximate surface area is 154 Å². The second-order valence-electron chi connectivity index (χ2n) is 7.20. The van der Waals surface area contributed by atoms with Crippen LogP contribution in [-0.2, 0) is 16.0 Å². The standard InChI is InChI=1S/C21H25N3O2/c25-21(7-6-16-8-10-22-11-9-16)23-18-12-19-15-26-20(14-24(19)13-18)17-4-2-1-3-5-17/h1-5,8-11,18-20H,6-7,12-15H2,(H,23,25)/t18-,19-,20+/m0/s1. The number of aryl methyl sites for hydroxylation is 1. The summed E-state index contributed by atoms with van der Waals surface area (Å²) >= 11 is 0. The van der Waals surface area contributed by atoms with Gasteiger partial charge in [0, 0.05) is 44.0 Å². The summed E-state index contributed by atoms with van der Waals surface area (Å²) in [5.74, 6) is 0.132. The highest BCUT2D eigenvalue weighted by molar-refractivity contribution is 5.76. The van der Waals surface area contributed by atoms with E-state index in [1.807, 2.05) is 18.2 Å². The van der Waals surface area contributed by atoms with Crippen LogP contribution >= 0.6 is 0 Å². The molecule has 5 nitrogen and oxygen atoms in total. The maximum atomic E-state index is 12.3. The molecule has 0 bridgehead atoms. The molecule has 26 heavy (non-hydrogen) atoms. The first-order valence-corrected chi connectivity index (χ1v) is 9.37. The number of fused-ring (bicyclic) bond motifs is 1. The second-order valence-corrected chi connectivity index (χ2v) is 7.20. The molecule has 3 atom stereocenters. The number of carbonyl (C=O) groups excluding carboxylic acids is 1. The topological polar surface area (TPSA) is 54.5 Å². The molecule has 2 saturated heterocycles. The van der Waals surface area contributed by atoms with E-state index in [9.17, 15) is 4.79 Å². The zero-order valence-electron chi connectivity index (χ0n) is 14.9. The minimum Gasteiger partial charge on any atom is -0.371 e. The number of ether oxygens (including phenoxy) is 1. The quantitative estimate of drug-likeness (QED) is 0.898. The van der Waals surface area contributed by atoms with Gasteiger partial charge in [-0.2, -0.15) is 0 Å². The summed E-state index contributed by atoms with van der Waals surface area (Å²) < 4.78 is 6.08. The molecule has 1 N–H and O–H groups in total. The van der Waals surface area contributed by atoms with Gasteiger partial charge in [0.15, 0.2) is 0 Å². The van der Waals surface area contributed by atoms with Crippen molar-refractivity contribution in [3.05, 3.63) is 66.0 Å². The van der Waals surface area contributed by atoms with Crippen molar-refractivity contribution in [1.29, 1.82) is 0 Å². The van der Waals surface area contributed by atoms with Crippen molar-refractivity contribution in [1.82, 2.24) is 15.2 Å². The van der Waals surface area contributed by atoms with Crippen LogP contribution in [0.5, 0.6) is 0 Å². The summed E-state index contributed by atoms with van der Waals surface area (Å²) in [4.78, 5) is 18.8. The minimum atomic E-state index is 0.132. The summed E-state index contributed by atoms with van der Waals surface area (Å²) in [5, 5.41) is 3.21. The molecular formula is C21H25N3O2. The van der Waals surface area contributed by atoms with Gasteiger partial charge in [0.05, 0.1) is 12.7 Å². The summed E-state index contributed by atoms with van der Waals surface area (Å²) in [6.45, 7) is 2.55. The molecule has 2 aliphatic heterocycles. The Balaban J connectivity index is 1.26. The minimum absolute atomic E-state index is 0.132. The Morgan fingerprint density at radius 1 is 1.15 bits per heavy atom. The van der Waals surface area contributed by atoms with E-state index in [0.717, 1.165) is 38.1 Å². The lowest BCUT2D eigenvalue weighted by atomic mass is 10.1. The van der Waals surface area contributed by atoms with Gasteiger partial charge in [-0.15, -0.1) is 0 Å². The van der Waals surface area contributed by atoms with Crippen molar-refractivity contribution in [3.8, 4) is 0 Å². The van der Waals surface area contributed by atoms with Gasteiger partial charge < -0.3 is 10.1 Å². The van der Waals surface area contributed by atoms with E-state index in [2.05, 4.69) is 39.5 Å². The Morgan fingerprint density at radius 3 is 2.77 bits per heavy atom. The van der Waals surface area contributed by atoms with E-state index in [1.165, 1.54) is 5.56 Å². The monoisotopic (exact) mass is 351 g/mol. The van der Waals surface area contributed by atoms with Gasteiger partial charge in [0.25, 0.3) is 0 Å². The molecule has 1 amide bonds. The third-order valence-corrected chi connectivity index (χ3v) is 5.34. The smallest absolute Gasteiger partial charge is 0.220 e. The molecule has 1 aromatic heterocycles. The first kappa shape index (κ1) is 17.2.